The lowest BCUT2D eigenvalue weighted by atomic mass is 10.2. The molecule has 2 aliphatic rings. The molecule has 0 N–H and O–H groups in total. The Bertz CT molecular complexity index is 785. The number of hydrogen-bond acceptors (Lipinski definition) is 5. The minimum atomic E-state index is 0.0211. The molecule has 1 unspecified atom stereocenters. The first-order valence-electron chi connectivity index (χ1n) is 8.36. The molecule has 23 heavy (non-hydrogen) atoms. The van der Waals surface area contributed by atoms with Gasteiger partial charge in [-0.1, -0.05) is 0 Å². The van der Waals surface area contributed by atoms with Crippen LogP contribution in [0.4, 0.5) is 5.82 Å². The summed E-state index contributed by atoms with van der Waals surface area (Å²) >= 11 is 0. The van der Waals surface area contributed by atoms with Gasteiger partial charge in [-0.3, -0.25) is 9.78 Å². The molecule has 2 aromatic rings. The highest BCUT2D eigenvalue weighted by Gasteiger charge is 2.27. The quantitative estimate of drug-likeness (QED) is 0.859. The number of rotatable bonds is 3. The van der Waals surface area contributed by atoms with Gasteiger partial charge in [-0.15, -0.1) is 0 Å². The fourth-order valence-corrected chi connectivity index (χ4v) is 3.69. The summed E-state index contributed by atoms with van der Waals surface area (Å²) in [4.78, 5) is 23.4. The summed E-state index contributed by atoms with van der Waals surface area (Å²) in [6.07, 6.45) is 8.84. The van der Waals surface area contributed by atoms with Crippen molar-refractivity contribution >= 4 is 5.82 Å². The molecule has 6 heteroatoms. The highest BCUT2D eigenvalue weighted by molar-refractivity contribution is 5.39. The van der Waals surface area contributed by atoms with Crippen molar-refractivity contribution in [1.82, 2.24) is 19.7 Å². The van der Waals surface area contributed by atoms with E-state index in [1.54, 1.807) is 16.9 Å². The Morgan fingerprint density at radius 1 is 1.26 bits per heavy atom. The van der Waals surface area contributed by atoms with Gasteiger partial charge in [0.15, 0.2) is 0 Å². The number of nitrogens with zero attached hydrogens (tertiary/aromatic N) is 5. The molecule has 1 fully saturated rings. The first-order chi connectivity index (χ1) is 11.2. The maximum Gasteiger partial charge on any atom is 0.267 e. The van der Waals surface area contributed by atoms with Gasteiger partial charge < -0.3 is 4.90 Å². The van der Waals surface area contributed by atoms with E-state index in [1.165, 1.54) is 0 Å². The Morgan fingerprint density at radius 3 is 3.04 bits per heavy atom. The Hall–Kier alpha value is -2.24. The molecular formula is C17H21N5O. The molecule has 3 heterocycles. The first-order valence-corrected chi connectivity index (χ1v) is 8.36. The summed E-state index contributed by atoms with van der Waals surface area (Å²) in [7, 11) is 0. The normalized spacial score (nSPS) is 20.0. The van der Waals surface area contributed by atoms with Gasteiger partial charge in [0, 0.05) is 18.8 Å². The number of hydrogen-bond donors (Lipinski definition) is 0. The van der Waals surface area contributed by atoms with Crippen molar-refractivity contribution in [2.75, 3.05) is 11.4 Å². The Labute approximate surface area is 135 Å². The van der Waals surface area contributed by atoms with E-state index in [1.807, 2.05) is 13.1 Å². The van der Waals surface area contributed by atoms with Gasteiger partial charge in [-0.05, 0) is 44.6 Å². The maximum atomic E-state index is 12.3. The van der Waals surface area contributed by atoms with Crippen LogP contribution < -0.4 is 10.5 Å². The third-order valence-electron chi connectivity index (χ3n) is 4.82. The summed E-state index contributed by atoms with van der Waals surface area (Å²) in [5.41, 5.74) is 3.18. The largest absolute Gasteiger partial charge is 0.350 e. The zero-order valence-electron chi connectivity index (χ0n) is 13.4. The number of aromatic nitrogens is 4. The van der Waals surface area contributed by atoms with E-state index < -0.39 is 0 Å². The average Bonchev–Trinajstić information content (AvgIpc) is 3.16. The summed E-state index contributed by atoms with van der Waals surface area (Å²) in [5, 5.41) is 4.60. The second kappa shape index (κ2) is 5.76. The van der Waals surface area contributed by atoms with Crippen molar-refractivity contribution in [3.8, 4) is 0 Å². The fourth-order valence-electron chi connectivity index (χ4n) is 3.69. The minimum Gasteiger partial charge on any atom is -0.350 e. The van der Waals surface area contributed by atoms with Crippen molar-refractivity contribution in [2.45, 2.75) is 51.6 Å². The van der Waals surface area contributed by atoms with Crippen LogP contribution in [-0.2, 0) is 19.4 Å². The van der Waals surface area contributed by atoms with E-state index in [0.29, 0.717) is 6.54 Å². The molecule has 2 aromatic heterocycles. The van der Waals surface area contributed by atoms with Gasteiger partial charge in [0.1, 0.15) is 5.82 Å². The SMILES string of the molecule is Cc1cncc(N2CCCC2Cn2nc3c(cc2=O)CCC3)n1. The van der Waals surface area contributed by atoms with Crippen molar-refractivity contribution in [3.05, 3.63) is 45.8 Å². The van der Waals surface area contributed by atoms with Crippen LogP contribution in [0.25, 0.3) is 0 Å². The third-order valence-corrected chi connectivity index (χ3v) is 4.82. The van der Waals surface area contributed by atoms with Crippen molar-refractivity contribution in [1.29, 1.82) is 0 Å². The number of fused-ring (bicyclic) bond motifs is 1. The third kappa shape index (κ3) is 2.73. The fraction of sp³-hybridized carbons (Fsp3) is 0.529. The van der Waals surface area contributed by atoms with Crippen LogP contribution in [0.15, 0.2) is 23.3 Å². The molecule has 1 aliphatic carbocycles. The van der Waals surface area contributed by atoms with Crippen LogP contribution in [0.1, 0.15) is 36.2 Å². The van der Waals surface area contributed by atoms with E-state index in [9.17, 15) is 4.79 Å². The second-order valence-corrected chi connectivity index (χ2v) is 6.50. The molecule has 4 rings (SSSR count). The monoisotopic (exact) mass is 311 g/mol. The summed E-state index contributed by atoms with van der Waals surface area (Å²) in [5.74, 6) is 0.904. The number of anilines is 1. The predicted octanol–water partition coefficient (Wildman–Crippen LogP) is 1.50. The van der Waals surface area contributed by atoms with Crippen molar-refractivity contribution in [2.24, 2.45) is 0 Å². The molecule has 1 aliphatic heterocycles. The summed E-state index contributed by atoms with van der Waals surface area (Å²) in [6, 6.07) is 2.04. The standard InChI is InChI=1S/C17H21N5O/c1-12-9-18-10-16(19-12)21-7-3-5-14(21)11-22-17(23)8-13-4-2-6-15(13)20-22/h8-10,14H,2-7,11H2,1H3. The molecule has 120 valence electrons. The predicted molar refractivity (Wildman–Crippen MR) is 87.7 cm³/mol. The Morgan fingerprint density at radius 2 is 2.17 bits per heavy atom. The summed E-state index contributed by atoms with van der Waals surface area (Å²) in [6.45, 7) is 3.54. The van der Waals surface area contributed by atoms with Gasteiger partial charge in [0.05, 0.1) is 30.2 Å². The molecule has 0 spiro atoms. The van der Waals surface area contributed by atoms with Crippen LogP contribution in [0, 0.1) is 6.92 Å². The van der Waals surface area contributed by atoms with E-state index in [4.69, 9.17) is 0 Å². The molecule has 0 amide bonds. The van der Waals surface area contributed by atoms with Crippen LogP contribution in [-0.4, -0.2) is 32.3 Å². The van der Waals surface area contributed by atoms with Gasteiger partial charge in [-0.25, -0.2) is 9.67 Å². The van der Waals surface area contributed by atoms with Crippen LogP contribution in [0.5, 0.6) is 0 Å². The van der Waals surface area contributed by atoms with E-state index in [2.05, 4.69) is 20.0 Å². The Balaban J connectivity index is 1.60. The topological polar surface area (TPSA) is 63.9 Å². The zero-order valence-corrected chi connectivity index (χ0v) is 13.4. The van der Waals surface area contributed by atoms with Gasteiger partial charge in [0.25, 0.3) is 5.56 Å². The first kappa shape index (κ1) is 14.4. The van der Waals surface area contributed by atoms with Crippen molar-refractivity contribution < 1.29 is 0 Å². The van der Waals surface area contributed by atoms with Gasteiger partial charge in [0.2, 0.25) is 0 Å². The molecule has 0 radical (unpaired) electrons. The molecule has 0 bridgehead atoms. The van der Waals surface area contributed by atoms with E-state index in [-0.39, 0.29) is 11.6 Å². The maximum absolute atomic E-state index is 12.3. The van der Waals surface area contributed by atoms with Gasteiger partial charge >= 0.3 is 0 Å². The molecule has 0 saturated carbocycles. The van der Waals surface area contributed by atoms with Gasteiger partial charge in [-0.2, -0.15) is 5.10 Å². The smallest absolute Gasteiger partial charge is 0.267 e. The Kier molecular flexibility index (Phi) is 3.59. The van der Waals surface area contributed by atoms with Crippen molar-refractivity contribution in [3.63, 3.8) is 0 Å². The zero-order chi connectivity index (χ0) is 15.8. The highest BCUT2D eigenvalue weighted by Crippen LogP contribution is 2.24. The van der Waals surface area contributed by atoms with Crippen LogP contribution in [0.3, 0.4) is 0 Å². The van der Waals surface area contributed by atoms with Crippen LogP contribution >= 0.6 is 0 Å². The highest BCUT2D eigenvalue weighted by atomic mass is 16.1. The minimum absolute atomic E-state index is 0.0211. The van der Waals surface area contributed by atoms with E-state index in [0.717, 1.165) is 61.4 Å². The summed E-state index contributed by atoms with van der Waals surface area (Å²) < 4.78 is 1.65. The number of aryl methyl sites for hydroxylation is 3. The lowest BCUT2D eigenvalue weighted by Crippen LogP contribution is -2.38. The second-order valence-electron chi connectivity index (χ2n) is 6.50. The van der Waals surface area contributed by atoms with E-state index >= 15 is 0 Å². The molecule has 1 atom stereocenters. The lowest BCUT2D eigenvalue weighted by Gasteiger charge is -2.25. The molecule has 1 saturated heterocycles. The lowest BCUT2D eigenvalue weighted by molar-refractivity contribution is 0.481. The van der Waals surface area contributed by atoms with Crippen LogP contribution in [0.2, 0.25) is 0 Å². The molecule has 0 aromatic carbocycles. The average molecular weight is 311 g/mol. The molecular weight excluding hydrogens is 290 g/mol. The molecule has 6 nitrogen and oxygen atoms in total.